The third-order valence-electron chi connectivity index (χ3n) is 5.39. The fourth-order valence-electron chi connectivity index (χ4n) is 4.12. The molecule has 2 aliphatic heterocycles. The van der Waals surface area contributed by atoms with Gasteiger partial charge in [-0.05, 0) is 37.0 Å². The molecule has 1 amide bonds. The van der Waals surface area contributed by atoms with Crippen molar-refractivity contribution in [3.05, 3.63) is 52.8 Å². The molecule has 3 heterocycles. The van der Waals surface area contributed by atoms with Crippen molar-refractivity contribution in [2.45, 2.75) is 45.2 Å². The minimum Gasteiger partial charge on any atom is -0.339 e. The SMILES string of the molecule is CC1CN(Cc2cccc(C(=O)N3CCCCC3)c2)Cc2cn[nH]c21. The number of fused-ring (bicyclic) bond motifs is 1. The second-order valence-electron chi connectivity index (χ2n) is 7.43. The summed E-state index contributed by atoms with van der Waals surface area (Å²) in [6.45, 7) is 6.83. The highest BCUT2D eigenvalue weighted by atomic mass is 16.2. The first-order chi connectivity index (χ1) is 12.2. The summed E-state index contributed by atoms with van der Waals surface area (Å²) in [7, 11) is 0. The molecule has 0 bridgehead atoms. The first-order valence-electron chi connectivity index (χ1n) is 9.33. The summed E-state index contributed by atoms with van der Waals surface area (Å²) < 4.78 is 0. The molecule has 1 N–H and O–H groups in total. The molecule has 1 saturated heterocycles. The van der Waals surface area contributed by atoms with Crippen molar-refractivity contribution in [3.63, 3.8) is 0 Å². The third-order valence-corrected chi connectivity index (χ3v) is 5.39. The van der Waals surface area contributed by atoms with Crippen LogP contribution in [-0.4, -0.2) is 45.5 Å². The highest BCUT2D eigenvalue weighted by Crippen LogP contribution is 2.27. The number of nitrogens with one attached hydrogen (secondary N) is 1. The Hall–Kier alpha value is -2.14. The molecule has 2 aliphatic rings. The Morgan fingerprint density at radius 3 is 2.96 bits per heavy atom. The van der Waals surface area contributed by atoms with E-state index in [0.717, 1.165) is 51.1 Å². The number of aromatic amines is 1. The van der Waals surface area contributed by atoms with Crippen LogP contribution in [0.25, 0.3) is 0 Å². The number of benzene rings is 1. The first kappa shape index (κ1) is 16.3. The monoisotopic (exact) mass is 338 g/mol. The lowest BCUT2D eigenvalue weighted by Crippen LogP contribution is -2.35. The fraction of sp³-hybridized carbons (Fsp3) is 0.500. The van der Waals surface area contributed by atoms with Crippen molar-refractivity contribution < 1.29 is 4.79 Å². The summed E-state index contributed by atoms with van der Waals surface area (Å²) >= 11 is 0. The van der Waals surface area contributed by atoms with Crippen molar-refractivity contribution in [3.8, 4) is 0 Å². The lowest BCUT2D eigenvalue weighted by molar-refractivity contribution is 0.0724. The smallest absolute Gasteiger partial charge is 0.253 e. The van der Waals surface area contributed by atoms with E-state index < -0.39 is 0 Å². The van der Waals surface area contributed by atoms with Crippen LogP contribution in [0.4, 0.5) is 0 Å². The molecular weight excluding hydrogens is 312 g/mol. The van der Waals surface area contributed by atoms with E-state index in [1.807, 2.05) is 23.2 Å². The zero-order valence-corrected chi connectivity index (χ0v) is 14.9. The van der Waals surface area contributed by atoms with Gasteiger partial charge in [-0.3, -0.25) is 14.8 Å². The number of hydrogen-bond donors (Lipinski definition) is 1. The summed E-state index contributed by atoms with van der Waals surface area (Å²) in [6, 6.07) is 8.17. The highest BCUT2D eigenvalue weighted by molar-refractivity contribution is 5.94. The van der Waals surface area contributed by atoms with E-state index >= 15 is 0 Å². The predicted molar refractivity (Wildman–Crippen MR) is 97.3 cm³/mol. The van der Waals surface area contributed by atoms with Crippen LogP contribution in [0.1, 0.15) is 59.3 Å². The first-order valence-corrected chi connectivity index (χ1v) is 9.33. The third kappa shape index (κ3) is 3.47. The van der Waals surface area contributed by atoms with Gasteiger partial charge in [0.1, 0.15) is 0 Å². The second-order valence-corrected chi connectivity index (χ2v) is 7.43. The molecule has 1 atom stereocenters. The fourth-order valence-corrected chi connectivity index (χ4v) is 4.12. The van der Waals surface area contributed by atoms with Crippen LogP contribution in [0, 0.1) is 0 Å². The van der Waals surface area contributed by atoms with Gasteiger partial charge >= 0.3 is 0 Å². The van der Waals surface area contributed by atoms with E-state index in [1.165, 1.54) is 23.2 Å². The standard InChI is InChI=1S/C20H26N4O/c1-15-12-23(14-18-11-21-22-19(15)18)13-16-6-5-7-17(10-16)20(25)24-8-3-2-4-9-24/h5-7,10-11,15H,2-4,8-9,12-14H2,1H3,(H,21,22). The van der Waals surface area contributed by atoms with Crippen LogP contribution in [0.3, 0.4) is 0 Å². The van der Waals surface area contributed by atoms with Gasteiger partial charge in [0.05, 0.1) is 6.20 Å². The van der Waals surface area contributed by atoms with Crippen molar-refractivity contribution in [2.75, 3.05) is 19.6 Å². The number of rotatable bonds is 3. The molecule has 0 radical (unpaired) electrons. The van der Waals surface area contributed by atoms with Crippen LogP contribution in [0.5, 0.6) is 0 Å². The Morgan fingerprint density at radius 2 is 2.12 bits per heavy atom. The van der Waals surface area contributed by atoms with E-state index in [2.05, 4.69) is 34.2 Å². The van der Waals surface area contributed by atoms with Crippen LogP contribution in [0.15, 0.2) is 30.5 Å². The normalized spacial score (nSPS) is 21.2. The molecule has 0 saturated carbocycles. The summed E-state index contributed by atoms with van der Waals surface area (Å²) in [5.74, 6) is 0.648. The van der Waals surface area contributed by atoms with Gasteiger partial charge in [0.25, 0.3) is 5.91 Å². The molecule has 25 heavy (non-hydrogen) atoms. The predicted octanol–water partition coefficient (Wildman–Crippen LogP) is 3.16. The molecule has 1 fully saturated rings. The molecule has 132 valence electrons. The van der Waals surface area contributed by atoms with Crippen LogP contribution >= 0.6 is 0 Å². The lowest BCUT2D eigenvalue weighted by atomic mass is 9.98. The maximum absolute atomic E-state index is 12.7. The average Bonchev–Trinajstić information content (AvgIpc) is 3.11. The number of aromatic nitrogens is 2. The molecule has 1 aromatic carbocycles. The molecule has 5 heteroatoms. The van der Waals surface area contributed by atoms with E-state index in [-0.39, 0.29) is 5.91 Å². The average molecular weight is 338 g/mol. The molecular formula is C20H26N4O. The van der Waals surface area contributed by atoms with Gasteiger partial charge in [-0.2, -0.15) is 5.10 Å². The summed E-state index contributed by atoms with van der Waals surface area (Å²) in [6.07, 6.45) is 5.44. The highest BCUT2D eigenvalue weighted by Gasteiger charge is 2.24. The molecule has 2 aromatic rings. The van der Waals surface area contributed by atoms with Crippen molar-refractivity contribution in [1.82, 2.24) is 20.0 Å². The van der Waals surface area contributed by atoms with Crippen LogP contribution in [0.2, 0.25) is 0 Å². The maximum Gasteiger partial charge on any atom is 0.253 e. The zero-order chi connectivity index (χ0) is 17.2. The lowest BCUT2D eigenvalue weighted by Gasteiger charge is -2.31. The van der Waals surface area contributed by atoms with Gasteiger partial charge in [0.2, 0.25) is 0 Å². The van der Waals surface area contributed by atoms with Crippen molar-refractivity contribution in [2.24, 2.45) is 0 Å². The number of likely N-dealkylation sites (tertiary alicyclic amines) is 1. The van der Waals surface area contributed by atoms with Gasteiger partial charge in [-0.25, -0.2) is 0 Å². The number of carbonyl (C=O) groups is 1. The van der Waals surface area contributed by atoms with E-state index in [4.69, 9.17) is 0 Å². The Morgan fingerprint density at radius 1 is 1.28 bits per heavy atom. The Labute approximate surface area is 149 Å². The molecule has 0 spiro atoms. The molecule has 0 aliphatic carbocycles. The van der Waals surface area contributed by atoms with E-state index in [0.29, 0.717) is 5.92 Å². The number of hydrogen-bond acceptors (Lipinski definition) is 3. The number of carbonyl (C=O) groups excluding carboxylic acids is 1. The van der Waals surface area contributed by atoms with Gasteiger partial charge < -0.3 is 4.90 Å². The summed E-state index contributed by atoms with van der Waals surface area (Å²) in [5.41, 5.74) is 4.60. The number of piperidine rings is 1. The molecule has 5 nitrogen and oxygen atoms in total. The maximum atomic E-state index is 12.7. The number of H-pyrrole nitrogens is 1. The summed E-state index contributed by atoms with van der Waals surface area (Å²) in [4.78, 5) is 17.2. The topological polar surface area (TPSA) is 52.2 Å². The van der Waals surface area contributed by atoms with E-state index in [9.17, 15) is 4.79 Å². The largest absolute Gasteiger partial charge is 0.339 e. The number of amides is 1. The van der Waals surface area contributed by atoms with Crippen LogP contribution < -0.4 is 0 Å². The quantitative estimate of drug-likeness (QED) is 0.935. The van der Waals surface area contributed by atoms with Gasteiger partial charge in [0.15, 0.2) is 0 Å². The zero-order valence-electron chi connectivity index (χ0n) is 14.9. The Kier molecular flexibility index (Phi) is 4.57. The van der Waals surface area contributed by atoms with Gasteiger partial charge in [-0.15, -0.1) is 0 Å². The van der Waals surface area contributed by atoms with Crippen LogP contribution in [-0.2, 0) is 13.1 Å². The minimum atomic E-state index is 0.186. The second kappa shape index (κ2) is 7.00. The minimum absolute atomic E-state index is 0.186. The molecule has 1 aromatic heterocycles. The molecule has 1 unspecified atom stereocenters. The molecule has 4 rings (SSSR count). The van der Waals surface area contributed by atoms with Crippen molar-refractivity contribution in [1.29, 1.82) is 0 Å². The van der Waals surface area contributed by atoms with Gasteiger partial charge in [0, 0.05) is 55.5 Å². The summed E-state index contributed by atoms with van der Waals surface area (Å²) in [5, 5.41) is 7.31. The Bertz CT molecular complexity index is 748. The van der Waals surface area contributed by atoms with Crippen molar-refractivity contribution >= 4 is 5.91 Å². The van der Waals surface area contributed by atoms with Gasteiger partial charge in [-0.1, -0.05) is 19.1 Å². The number of nitrogens with zero attached hydrogens (tertiary/aromatic N) is 3. The Balaban J connectivity index is 1.46. The van der Waals surface area contributed by atoms with E-state index in [1.54, 1.807) is 0 Å².